The molecule has 0 unspecified atom stereocenters. The lowest BCUT2D eigenvalue weighted by Crippen LogP contribution is -2.19. The molecule has 0 saturated carbocycles. The maximum atomic E-state index is 9.85. The lowest BCUT2D eigenvalue weighted by atomic mass is 9.69. The van der Waals surface area contributed by atoms with Gasteiger partial charge in [0.2, 0.25) is 0 Å². The van der Waals surface area contributed by atoms with E-state index < -0.39 is 0 Å². The van der Waals surface area contributed by atoms with Gasteiger partial charge in [0, 0.05) is 0 Å². The number of benzene rings is 7. The molecular weight excluding hydrogens is 1740 g/mol. The van der Waals surface area contributed by atoms with Crippen LogP contribution in [0.3, 0.4) is 0 Å². The standard InChI is InChI=1S/C24H42.C22H35N.C20H28N2.C18H24N2.3C16H20N2/c1-13(2)19-20(14(3)4)22(16(7)8)24(18(11)12)23(17(9)10)21(19)15(5)6;1-12(2)17-18(13(3)4)20(15(7)8)22(23-11)21(16(9)10)19(17)14(5)6;1-11(2)16-15(10-21)17(12(3)4)19(14(7)8)20(22-9)18(16)13(5)6;1-10(2)15-13(7)14(9-19)16(11(3)4)17(12(5)6)18(15)20-8;1-9(2)14-12(6)16(18-7)15(10(3)4)11(5)13(14)8-17;1-9(2)14-11(5)13(8-17)12(6)15(10(3)4)16(14)18-7;1-9(2)14-13(8-17)11(5)12(6)16(18-7)15(14)10(3)4/h13-18H,1-12H3;12-16H,1-10H3;11-14H,1-8H3;10-12H,1-7H3;3*9-10H,1-6H3. The van der Waals surface area contributed by atoms with E-state index in [1.54, 1.807) is 33.4 Å². The Morgan fingerprint density at radius 2 is 0.245 bits per heavy atom. The van der Waals surface area contributed by atoms with Crippen LogP contribution in [0.1, 0.15) is 675 Å². The quantitative estimate of drug-likeness (QED) is 0.0553. The molecule has 0 fully saturated rings. The van der Waals surface area contributed by atoms with Crippen molar-refractivity contribution in [2.24, 2.45) is 0 Å². The topological polar surface area (TPSA) is 145 Å². The molecule has 7 aromatic rings. The van der Waals surface area contributed by atoms with E-state index in [4.69, 9.17) is 39.4 Å². The Labute approximate surface area is 876 Å². The molecule has 11 nitrogen and oxygen atoms in total. The van der Waals surface area contributed by atoms with Crippen LogP contribution in [-0.4, -0.2) is 0 Å². The average Bonchev–Trinajstić information content (AvgIpc) is 0.728. The zero-order valence-corrected chi connectivity index (χ0v) is 100. The maximum Gasteiger partial charge on any atom is 0.194 e. The van der Waals surface area contributed by atoms with Gasteiger partial charge in [-0.3, -0.25) is 0 Å². The van der Waals surface area contributed by atoms with Gasteiger partial charge in [0.1, 0.15) is 0 Å². The van der Waals surface area contributed by atoms with Crippen molar-refractivity contribution >= 4 is 34.1 Å². The second kappa shape index (κ2) is 56.4. The summed E-state index contributed by atoms with van der Waals surface area (Å²) in [6, 6.07) is 11.8. The van der Waals surface area contributed by atoms with Gasteiger partial charge in [-0.25, -0.2) is 29.1 Å². The molecule has 0 aliphatic rings. The second-order valence-electron chi connectivity index (χ2n) is 47.2. The van der Waals surface area contributed by atoms with E-state index in [9.17, 15) is 26.3 Å². The first kappa shape index (κ1) is 130. The maximum absolute atomic E-state index is 9.85. The summed E-state index contributed by atoms with van der Waals surface area (Å²) < 4.78 is 0. The van der Waals surface area contributed by atoms with Crippen molar-refractivity contribution in [1.29, 1.82) is 26.3 Å². The first-order chi connectivity index (χ1) is 66.0. The molecule has 0 bridgehead atoms. The van der Waals surface area contributed by atoms with E-state index in [1.165, 1.54) is 27.8 Å². The van der Waals surface area contributed by atoms with Gasteiger partial charge in [-0.2, -0.15) is 26.3 Å². The fourth-order valence-electron chi connectivity index (χ4n) is 23.1. The van der Waals surface area contributed by atoms with E-state index in [0.717, 1.165) is 173 Å². The van der Waals surface area contributed by atoms with Crippen molar-refractivity contribution in [3.8, 4) is 30.3 Å². The van der Waals surface area contributed by atoms with Gasteiger partial charge in [-0.05, 0) is 363 Å². The SMILES string of the molecule is CC(C)c1c(C(C)C)c(C(C)C)c(C(C)C)c(C(C)C)c1C(C)C.[C-]#[N+]c1c(C(C)C)c(C(C)C)c(C#N)c(C(C)C)c1C(C)C.[C-]#[N+]c1c(C(C)C)c(C(C)C)c(C(C)C)c(C(C)C)c1C(C)C.[C-]#[N+]c1c(C(C)C)c(C)c(C#N)c(C(C)C)c1C(C)C.[C-]#[N+]c1c(C(C)C)c(C)c(C#N)c(C)c1C(C)C.[C-]#[N+]c1c(C)c(C(C)C)c(C#N)c(C)c1C(C)C.[C-]#[N+]c1c(C)c(C)c(C#N)c(C(C)C)c1C(C)C. The highest BCUT2D eigenvalue weighted by Gasteiger charge is 2.36. The highest BCUT2D eigenvalue weighted by molar-refractivity contribution is 5.77. The third-order valence-electron chi connectivity index (χ3n) is 28.2. The molecule has 0 saturated heterocycles. The van der Waals surface area contributed by atoms with E-state index >= 15 is 0 Å². The van der Waals surface area contributed by atoms with Crippen LogP contribution in [-0.2, 0) is 0 Å². The van der Waals surface area contributed by atoms with Crippen LogP contribution in [0.15, 0.2) is 0 Å². The molecule has 0 aromatic heterocycles. The number of nitriles is 5. The van der Waals surface area contributed by atoms with Gasteiger partial charge in [-0.15, -0.1) is 0 Å². The van der Waals surface area contributed by atoms with Crippen molar-refractivity contribution < 1.29 is 0 Å². The van der Waals surface area contributed by atoms with Gasteiger partial charge in [-0.1, -0.05) is 332 Å². The lowest BCUT2D eigenvalue weighted by molar-refractivity contribution is 0.668. The lowest BCUT2D eigenvalue weighted by Gasteiger charge is -2.35. The summed E-state index contributed by atoms with van der Waals surface area (Å²) in [5.74, 6) is 8.93. The largest absolute Gasteiger partial charge is 0.238 e. The van der Waals surface area contributed by atoms with Crippen molar-refractivity contribution in [3.05, 3.63) is 269 Å². The Morgan fingerprint density at radius 1 is 0.126 bits per heavy atom. The van der Waals surface area contributed by atoms with Gasteiger partial charge < -0.3 is 0 Å². The number of hydrogen-bond donors (Lipinski definition) is 0. The molecule has 772 valence electrons. The molecule has 0 heterocycles. The Balaban J connectivity index is 0.000000836. The summed E-state index contributed by atoms with van der Waals surface area (Å²) in [4.78, 5) is 23.0. The first-order valence-electron chi connectivity index (χ1n) is 53.7. The zero-order chi connectivity index (χ0) is 112. The molecule has 7 aromatic carbocycles. The zero-order valence-electron chi connectivity index (χ0n) is 100. The summed E-state index contributed by atoms with van der Waals surface area (Å²) in [5.41, 5.74) is 46.0. The monoisotopic (exact) mass is 1930 g/mol. The summed E-state index contributed by atoms with van der Waals surface area (Å²) in [6.45, 7) is 165. The van der Waals surface area contributed by atoms with Gasteiger partial charge in [0.15, 0.2) is 34.1 Å². The summed E-state index contributed by atoms with van der Waals surface area (Å²) >= 11 is 0. The van der Waals surface area contributed by atoms with Crippen LogP contribution in [0.4, 0.5) is 34.1 Å². The Kier molecular flexibility index (Phi) is 51.3. The fourth-order valence-corrected chi connectivity index (χ4v) is 23.1. The summed E-state index contributed by atoms with van der Waals surface area (Å²) in [6.07, 6.45) is 0. The van der Waals surface area contributed by atoms with Crippen molar-refractivity contribution in [3.63, 3.8) is 0 Å². The smallest absolute Gasteiger partial charge is 0.194 e. The molecule has 7 rings (SSSR count). The van der Waals surface area contributed by atoms with Crippen molar-refractivity contribution in [2.45, 2.75) is 523 Å². The van der Waals surface area contributed by atoms with Gasteiger partial charge >= 0.3 is 0 Å². The van der Waals surface area contributed by atoms with Gasteiger partial charge in [0.05, 0.1) is 97.6 Å². The predicted octanol–water partition coefficient (Wildman–Crippen LogP) is 43.6. The third-order valence-corrected chi connectivity index (χ3v) is 28.2. The summed E-state index contributed by atoms with van der Waals surface area (Å²) in [7, 11) is 0. The minimum atomic E-state index is 0.242. The minimum Gasteiger partial charge on any atom is -0.238 e. The molecule has 0 spiro atoms. The molecule has 0 amide bonds. The molecule has 143 heavy (non-hydrogen) atoms. The third kappa shape index (κ3) is 28.8. The van der Waals surface area contributed by atoms with Crippen LogP contribution in [0.25, 0.3) is 29.1 Å². The molecule has 11 heteroatoms. The Hall–Kier alpha value is -11.1. The summed E-state index contributed by atoms with van der Waals surface area (Å²) in [5, 5.41) is 47.6. The Bertz CT molecular complexity index is 5690. The average molecular weight is 1930 g/mol. The molecule has 0 aliphatic carbocycles. The molecule has 0 radical (unpaired) electrons. The van der Waals surface area contributed by atoms with E-state index in [0.29, 0.717) is 65.1 Å². The normalized spacial score (nSPS) is 11.4. The van der Waals surface area contributed by atoms with Gasteiger partial charge in [0.25, 0.3) is 0 Å². The molecule has 0 aliphatic heterocycles. The van der Waals surface area contributed by atoms with E-state index in [1.807, 2.05) is 48.5 Å². The van der Waals surface area contributed by atoms with Crippen LogP contribution < -0.4 is 0 Å². The number of hydrogen-bond acceptors (Lipinski definition) is 5. The molecule has 0 N–H and O–H groups in total. The number of rotatable bonds is 24. The number of nitrogens with zero attached hydrogens (tertiary/aromatic N) is 11. The Morgan fingerprint density at radius 3 is 0.420 bits per heavy atom. The highest BCUT2D eigenvalue weighted by Crippen LogP contribution is 2.54. The molecular formula is C132H189N11. The second-order valence-corrected chi connectivity index (χ2v) is 47.2. The predicted molar refractivity (Wildman–Crippen MR) is 618 cm³/mol. The van der Waals surface area contributed by atoms with Crippen LogP contribution >= 0.6 is 0 Å². The minimum absolute atomic E-state index is 0.242. The van der Waals surface area contributed by atoms with Crippen molar-refractivity contribution in [2.75, 3.05) is 0 Å². The van der Waals surface area contributed by atoms with Crippen molar-refractivity contribution in [1.82, 2.24) is 0 Å². The van der Waals surface area contributed by atoms with E-state index in [-0.39, 0.29) is 76.9 Å². The van der Waals surface area contributed by atoms with Crippen LogP contribution in [0.5, 0.6) is 0 Å². The first-order valence-corrected chi connectivity index (χ1v) is 53.7. The van der Waals surface area contributed by atoms with E-state index in [2.05, 4.69) is 392 Å². The highest BCUT2D eigenvalue weighted by atomic mass is 14.7. The fraction of sp³-hybridized carbons (Fsp3) is 0.598. The van der Waals surface area contributed by atoms with Crippen LogP contribution in [0, 0.1) is 145 Å². The van der Waals surface area contributed by atoms with Crippen LogP contribution in [0.2, 0.25) is 0 Å². The molecule has 0 atom stereocenters.